The molecular weight excluding hydrogens is 607 g/mol. The third-order valence-electron chi connectivity index (χ3n) is 7.46. The monoisotopic (exact) mass is 642 g/mol. The molecule has 0 aliphatic carbocycles. The van der Waals surface area contributed by atoms with Crippen molar-refractivity contribution in [2.75, 3.05) is 14.2 Å². The second kappa shape index (κ2) is 16.7. The molecule has 2 heterocycles. The predicted molar refractivity (Wildman–Crippen MR) is 168 cm³/mol. The van der Waals surface area contributed by atoms with E-state index in [-0.39, 0.29) is 36.5 Å². The third kappa shape index (κ3) is 9.21. The van der Waals surface area contributed by atoms with Crippen LogP contribution in [0.5, 0.6) is 0 Å². The van der Waals surface area contributed by atoms with Gasteiger partial charge in [-0.25, -0.2) is 14.4 Å². The number of methoxy groups -OCH3 is 2. The number of hydrogen-bond acceptors (Lipinski definition) is 6. The molecule has 2 fully saturated rings. The number of rotatable bonds is 8. The number of esters is 2. The van der Waals surface area contributed by atoms with Crippen molar-refractivity contribution in [1.82, 2.24) is 9.80 Å². The number of nitrogens with zero attached hydrogens (tertiary/aromatic N) is 2. The molecule has 2 aliphatic heterocycles. The number of carboxylic acid groups (broad SMARTS) is 1. The lowest BCUT2D eigenvalue weighted by molar-refractivity contribution is -0.135. The summed E-state index contributed by atoms with van der Waals surface area (Å²) in [5, 5.41) is 10.7. The highest BCUT2D eigenvalue weighted by molar-refractivity contribution is 6.30. The number of carbonyl (C=O) groups excluding carboxylic acids is 3. The van der Waals surface area contributed by atoms with Crippen LogP contribution in [0.4, 0.5) is 4.79 Å². The van der Waals surface area contributed by atoms with Crippen molar-refractivity contribution in [2.45, 2.75) is 56.3 Å². The van der Waals surface area contributed by atoms with Crippen LogP contribution < -0.4 is 0 Å². The quantitative estimate of drug-likeness (QED) is 0.189. The van der Waals surface area contributed by atoms with E-state index in [4.69, 9.17) is 23.2 Å². The molecule has 2 amide bonds. The van der Waals surface area contributed by atoms with Crippen molar-refractivity contribution in [3.8, 4) is 0 Å². The highest BCUT2D eigenvalue weighted by Crippen LogP contribution is 2.39. The number of benzene rings is 2. The number of ether oxygens (including phenoxy) is 2. The van der Waals surface area contributed by atoms with Gasteiger partial charge in [0.25, 0.3) is 0 Å². The van der Waals surface area contributed by atoms with Crippen molar-refractivity contribution in [1.29, 1.82) is 0 Å². The first kappa shape index (κ1) is 34.4. The van der Waals surface area contributed by atoms with Crippen LogP contribution in [0.2, 0.25) is 10.0 Å². The number of amides is 2. The van der Waals surface area contributed by atoms with Crippen LogP contribution in [0, 0.1) is 0 Å². The van der Waals surface area contributed by atoms with Crippen LogP contribution in [0.15, 0.2) is 85.5 Å². The number of halogens is 2. The van der Waals surface area contributed by atoms with Gasteiger partial charge in [-0.3, -0.25) is 9.69 Å². The summed E-state index contributed by atoms with van der Waals surface area (Å²) in [6.07, 6.45) is 9.72. The summed E-state index contributed by atoms with van der Waals surface area (Å²) in [6, 6.07) is 13.9. The summed E-state index contributed by atoms with van der Waals surface area (Å²) in [4.78, 5) is 49.7. The van der Waals surface area contributed by atoms with Gasteiger partial charge in [-0.15, -0.1) is 6.58 Å². The molecule has 0 unspecified atom stereocenters. The summed E-state index contributed by atoms with van der Waals surface area (Å²) >= 11 is 12.0. The van der Waals surface area contributed by atoms with Gasteiger partial charge in [-0.2, -0.15) is 0 Å². The summed E-state index contributed by atoms with van der Waals surface area (Å²) in [7, 11) is 2.61. The number of hydrogen-bond donors (Lipinski definition) is 1. The summed E-state index contributed by atoms with van der Waals surface area (Å²) in [5.41, 5.74) is 1.86. The average Bonchev–Trinajstić information content (AvgIpc) is 3.64. The van der Waals surface area contributed by atoms with Crippen molar-refractivity contribution >= 4 is 47.1 Å². The zero-order valence-corrected chi connectivity index (χ0v) is 26.1. The molecule has 2 aliphatic rings. The van der Waals surface area contributed by atoms with Crippen LogP contribution in [-0.4, -0.2) is 65.1 Å². The second-order valence-corrected chi connectivity index (χ2v) is 11.1. The molecule has 2 aromatic rings. The van der Waals surface area contributed by atoms with Crippen LogP contribution in [-0.2, 0) is 23.9 Å². The maximum Gasteiger partial charge on any atom is 0.408 e. The molecule has 44 heavy (non-hydrogen) atoms. The molecule has 2 aromatic carbocycles. The van der Waals surface area contributed by atoms with Gasteiger partial charge in [-0.05, 0) is 61.1 Å². The Morgan fingerprint density at radius 2 is 1.27 bits per heavy atom. The minimum absolute atomic E-state index is 0.0120. The fourth-order valence-electron chi connectivity index (χ4n) is 5.51. The zero-order valence-electron chi connectivity index (χ0n) is 24.6. The second-order valence-electron chi connectivity index (χ2n) is 10.2. The summed E-state index contributed by atoms with van der Waals surface area (Å²) in [5.74, 6) is -0.930. The van der Waals surface area contributed by atoms with E-state index in [2.05, 4.69) is 16.1 Å². The molecule has 1 N–H and O–H groups in total. The normalized spacial score (nSPS) is 21.2. The first-order valence-electron chi connectivity index (χ1n) is 14.1. The summed E-state index contributed by atoms with van der Waals surface area (Å²) < 4.78 is 9.14. The Kier molecular flexibility index (Phi) is 13.0. The van der Waals surface area contributed by atoms with E-state index in [1.807, 2.05) is 35.2 Å². The first-order chi connectivity index (χ1) is 21.1. The van der Waals surface area contributed by atoms with E-state index >= 15 is 0 Å². The van der Waals surface area contributed by atoms with Crippen molar-refractivity contribution in [3.63, 3.8) is 0 Å². The van der Waals surface area contributed by atoms with Crippen molar-refractivity contribution in [2.24, 2.45) is 0 Å². The molecule has 11 heteroatoms. The van der Waals surface area contributed by atoms with Gasteiger partial charge in [0.15, 0.2) is 0 Å². The largest absolute Gasteiger partial charge is 0.466 e. The molecule has 2 saturated heterocycles. The smallest absolute Gasteiger partial charge is 0.408 e. The van der Waals surface area contributed by atoms with Crippen molar-refractivity contribution < 1.29 is 33.8 Å². The molecule has 4 atom stereocenters. The first-order valence-corrected chi connectivity index (χ1v) is 14.8. The highest BCUT2D eigenvalue weighted by Gasteiger charge is 2.37. The van der Waals surface area contributed by atoms with E-state index in [0.29, 0.717) is 22.9 Å². The molecule has 4 rings (SSSR count). The molecule has 0 aromatic heterocycles. The predicted octanol–water partition coefficient (Wildman–Crippen LogP) is 6.93. The van der Waals surface area contributed by atoms with Gasteiger partial charge in [0, 0.05) is 28.6 Å². The van der Waals surface area contributed by atoms with Gasteiger partial charge in [0.1, 0.15) is 0 Å². The van der Waals surface area contributed by atoms with Crippen molar-refractivity contribution in [3.05, 3.63) is 107 Å². The van der Waals surface area contributed by atoms with Gasteiger partial charge < -0.3 is 19.5 Å². The lowest BCUT2D eigenvalue weighted by Crippen LogP contribution is -2.36. The Labute approximate surface area is 267 Å². The minimum Gasteiger partial charge on any atom is -0.466 e. The Bertz CT molecular complexity index is 1410. The highest BCUT2D eigenvalue weighted by atomic mass is 35.5. The van der Waals surface area contributed by atoms with E-state index in [1.54, 1.807) is 36.4 Å². The molecular formula is C33H36Cl2N2O7. The fraction of sp³-hybridized carbons (Fsp3) is 0.333. The maximum atomic E-state index is 12.5. The molecule has 0 spiro atoms. The number of carbonyl (C=O) groups is 4. The Morgan fingerprint density at radius 3 is 1.68 bits per heavy atom. The van der Waals surface area contributed by atoms with Gasteiger partial charge in [0.2, 0.25) is 5.91 Å². The molecule has 0 bridgehead atoms. The van der Waals surface area contributed by atoms with Crippen LogP contribution in [0.3, 0.4) is 0 Å². The van der Waals surface area contributed by atoms with Crippen LogP contribution in [0.1, 0.15) is 55.3 Å². The van der Waals surface area contributed by atoms with Gasteiger partial charge in [-0.1, -0.05) is 65.7 Å². The SMILES string of the molecule is C=CCC(=O)N1[C@@H](/C=C/C(=O)OC)CC[C@H]1c1cccc(Cl)c1.COC(=O)/C=C/[C@H]1CC[C@@H](c2cccc(Cl)c2)N1C(=O)O. The van der Waals surface area contributed by atoms with Crippen LogP contribution in [0.25, 0.3) is 0 Å². The maximum absolute atomic E-state index is 12.5. The van der Waals surface area contributed by atoms with Crippen LogP contribution >= 0.6 is 23.2 Å². The van der Waals surface area contributed by atoms with E-state index < -0.39 is 18.0 Å². The standard InChI is InChI=1S/C18H20ClNO3.C15H16ClNO4/c1-3-5-17(21)20-15(9-11-18(22)23-2)8-10-16(20)13-6-4-7-14(19)12-13;1-21-14(18)8-6-12-5-7-13(17(12)15(19)20)10-3-2-4-11(16)9-10/h3-4,6-7,9,11-12,15-16H,1,5,8,10H2,2H3;2-4,6,8-9,12-13H,5,7H2,1H3,(H,19,20)/b11-9+;8-6+/t15-,16+;12-,13+/m11/s1. The fourth-order valence-corrected chi connectivity index (χ4v) is 5.91. The van der Waals surface area contributed by atoms with Gasteiger partial charge in [0.05, 0.1) is 38.4 Å². The van der Waals surface area contributed by atoms with E-state index in [1.165, 1.54) is 31.3 Å². The Balaban J connectivity index is 0.000000241. The molecule has 0 radical (unpaired) electrons. The average molecular weight is 644 g/mol. The Morgan fingerprint density at radius 1 is 0.818 bits per heavy atom. The molecule has 0 saturated carbocycles. The lowest BCUT2D eigenvalue weighted by atomic mass is 10.0. The topological polar surface area (TPSA) is 113 Å². The zero-order chi connectivity index (χ0) is 32.2. The van der Waals surface area contributed by atoms with Gasteiger partial charge >= 0.3 is 18.0 Å². The number of likely N-dealkylation sites (tertiary alicyclic amines) is 2. The lowest BCUT2D eigenvalue weighted by Gasteiger charge is -2.29. The third-order valence-corrected chi connectivity index (χ3v) is 7.93. The minimum atomic E-state index is -1.02. The molecule has 234 valence electrons. The molecule has 9 nitrogen and oxygen atoms in total. The van der Waals surface area contributed by atoms with E-state index in [0.717, 1.165) is 24.0 Å². The summed E-state index contributed by atoms with van der Waals surface area (Å²) in [6.45, 7) is 3.64. The van der Waals surface area contributed by atoms with E-state index in [9.17, 15) is 24.3 Å². The Hall–Kier alpha value is -4.08.